The van der Waals surface area contributed by atoms with E-state index in [1.165, 1.54) is 16.9 Å². The molecule has 188 valence electrons. The van der Waals surface area contributed by atoms with Gasteiger partial charge in [-0.05, 0) is 88.2 Å². The summed E-state index contributed by atoms with van der Waals surface area (Å²) in [7, 11) is 0.370. The summed E-state index contributed by atoms with van der Waals surface area (Å²) >= 11 is 1.50. The number of amides is 1. The van der Waals surface area contributed by atoms with Crippen molar-refractivity contribution in [1.82, 2.24) is 14.2 Å². The average molecular weight is 515 g/mol. The molecule has 1 unspecified atom stereocenters. The number of rotatable bonds is 7. The van der Waals surface area contributed by atoms with Crippen molar-refractivity contribution in [2.45, 2.75) is 38.5 Å². The molecular formula is C26H34N4O3S2. The number of hydrogen-bond acceptors (Lipinski definition) is 6. The zero-order valence-corrected chi connectivity index (χ0v) is 22.7. The molecule has 1 aliphatic heterocycles. The second kappa shape index (κ2) is 10.3. The van der Waals surface area contributed by atoms with Crippen LogP contribution in [0.25, 0.3) is 10.2 Å². The molecular weight excluding hydrogens is 480 g/mol. The summed E-state index contributed by atoms with van der Waals surface area (Å²) in [6.45, 7) is 8.43. The van der Waals surface area contributed by atoms with Crippen molar-refractivity contribution in [2.75, 3.05) is 45.2 Å². The van der Waals surface area contributed by atoms with E-state index >= 15 is 0 Å². The van der Waals surface area contributed by atoms with Gasteiger partial charge in [-0.2, -0.15) is 4.31 Å². The highest BCUT2D eigenvalue weighted by atomic mass is 32.2. The average Bonchev–Trinajstić information content (AvgIpc) is 3.26. The van der Waals surface area contributed by atoms with E-state index in [-0.39, 0.29) is 10.8 Å². The molecule has 0 radical (unpaired) electrons. The van der Waals surface area contributed by atoms with Crippen LogP contribution in [-0.4, -0.2) is 68.8 Å². The van der Waals surface area contributed by atoms with E-state index in [9.17, 15) is 13.2 Å². The van der Waals surface area contributed by atoms with E-state index in [0.29, 0.717) is 42.8 Å². The molecule has 2 aromatic carbocycles. The van der Waals surface area contributed by atoms with Gasteiger partial charge in [0.05, 0.1) is 15.1 Å². The number of fused-ring (bicyclic) bond motifs is 1. The lowest BCUT2D eigenvalue weighted by atomic mass is 10.0. The van der Waals surface area contributed by atoms with Crippen molar-refractivity contribution < 1.29 is 13.2 Å². The van der Waals surface area contributed by atoms with E-state index in [0.717, 1.165) is 28.6 Å². The molecule has 1 atom stereocenters. The molecule has 1 saturated heterocycles. The third kappa shape index (κ3) is 5.43. The van der Waals surface area contributed by atoms with E-state index in [1.54, 1.807) is 33.5 Å². The number of aromatic nitrogens is 1. The molecule has 1 amide bonds. The maximum Gasteiger partial charge on any atom is 0.260 e. The summed E-state index contributed by atoms with van der Waals surface area (Å²) in [6.07, 6.45) is 1.92. The Morgan fingerprint density at radius 1 is 1.11 bits per heavy atom. The van der Waals surface area contributed by atoms with Gasteiger partial charge < -0.3 is 4.90 Å². The monoisotopic (exact) mass is 514 g/mol. The number of likely N-dealkylation sites (N-methyl/N-ethyl adjacent to an activating group) is 1. The lowest BCUT2D eigenvalue weighted by Gasteiger charge is -2.30. The first-order chi connectivity index (χ1) is 16.6. The van der Waals surface area contributed by atoms with Crippen molar-refractivity contribution in [2.24, 2.45) is 5.92 Å². The first-order valence-electron chi connectivity index (χ1n) is 12.0. The van der Waals surface area contributed by atoms with Gasteiger partial charge in [-0.15, -0.1) is 0 Å². The summed E-state index contributed by atoms with van der Waals surface area (Å²) in [5.41, 5.74) is 3.65. The SMILES string of the molecule is Cc1ccc2sc(N(CCN(C)C)C(=O)c3ccc(S(=O)(=O)N4CCCC(C)C4)cc3)nc2c1C. The third-order valence-electron chi connectivity index (χ3n) is 6.68. The minimum absolute atomic E-state index is 0.184. The molecule has 9 heteroatoms. The van der Waals surface area contributed by atoms with Gasteiger partial charge in [0, 0.05) is 31.7 Å². The van der Waals surface area contributed by atoms with Crippen LogP contribution in [0.2, 0.25) is 0 Å². The summed E-state index contributed by atoms with van der Waals surface area (Å²) in [5, 5.41) is 0.652. The zero-order valence-electron chi connectivity index (χ0n) is 21.1. The van der Waals surface area contributed by atoms with Crippen molar-refractivity contribution in [3.8, 4) is 0 Å². The molecule has 0 bridgehead atoms. The summed E-state index contributed by atoms with van der Waals surface area (Å²) < 4.78 is 28.9. The molecule has 35 heavy (non-hydrogen) atoms. The van der Waals surface area contributed by atoms with Crippen LogP contribution in [0.5, 0.6) is 0 Å². The third-order valence-corrected chi connectivity index (χ3v) is 9.60. The minimum Gasteiger partial charge on any atom is -0.308 e. The molecule has 0 aliphatic carbocycles. The second-order valence-electron chi connectivity index (χ2n) is 9.75. The van der Waals surface area contributed by atoms with Gasteiger partial charge in [-0.25, -0.2) is 13.4 Å². The van der Waals surface area contributed by atoms with Crippen molar-refractivity contribution in [1.29, 1.82) is 0 Å². The molecule has 2 heterocycles. The zero-order chi connectivity index (χ0) is 25.3. The lowest BCUT2D eigenvalue weighted by Crippen LogP contribution is -2.39. The number of aryl methyl sites for hydroxylation is 2. The first kappa shape index (κ1) is 25.8. The summed E-state index contributed by atoms with van der Waals surface area (Å²) in [4.78, 5) is 22.4. The Hall–Kier alpha value is -2.33. The Bertz CT molecular complexity index is 1320. The predicted molar refractivity (Wildman–Crippen MR) is 143 cm³/mol. The van der Waals surface area contributed by atoms with Crippen LogP contribution in [0, 0.1) is 19.8 Å². The van der Waals surface area contributed by atoms with Gasteiger partial charge in [0.25, 0.3) is 5.91 Å². The number of thiazole rings is 1. The highest BCUT2D eigenvalue weighted by molar-refractivity contribution is 7.89. The fourth-order valence-electron chi connectivity index (χ4n) is 4.35. The number of nitrogens with zero attached hydrogens (tertiary/aromatic N) is 4. The normalized spacial score (nSPS) is 17.3. The van der Waals surface area contributed by atoms with Crippen LogP contribution in [0.3, 0.4) is 0 Å². The number of carbonyl (C=O) groups is 1. The Morgan fingerprint density at radius 3 is 2.49 bits per heavy atom. The Kier molecular flexibility index (Phi) is 7.61. The molecule has 0 saturated carbocycles. The van der Waals surface area contributed by atoms with E-state index < -0.39 is 10.0 Å². The lowest BCUT2D eigenvalue weighted by molar-refractivity contribution is 0.0985. The van der Waals surface area contributed by atoms with E-state index in [4.69, 9.17) is 4.98 Å². The second-order valence-corrected chi connectivity index (χ2v) is 12.7. The van der Waals surface area contributed by atoms with Crippen molar-refractivity contribution in [3.05, 3.63) is 53.1 Å². The maximum atomic E-state index is 13.6. The molecule has 3 aromatic rings. The number of anilines is 1. The van der Waals surface area contributed by atoms with Crippen molar-refractivity contribution >= 4 is 42.6 Å². The van der Waals surface area contributed by atoms with Crippen LogP contribution in [-0.2, 0) is 10.0 Å². The number of hydrogen-bond donors (Lipinski definition) is 0. The van der Waals surface area contributed by atoms with Gasteiger partial charge in [-0.1, -0.05) is 24.3 Å². The molecule has 0 N–H and O–H groups in total. The largest absolute Gasteiger partial charge is 0.308 e. The summed E-state index contributed by atoms with van der Waals surface area (Å²) in [5.74, 6) is 0.168. The highest BCUT2D eigenvalue weighted by Gasteiger charge is 2.29. The standard InChI is InChI=1S/C26H34N4O3S2/c1-18-7-6-14-29(17-18)35(32,33)22-11-9-21(10-12-22)25(31)30(16-15-28(4)5)26-27-24-20(3)19(2)8-13-23(24)34-26/h8-13,18H,6-7,14-17H2,1-5H3. The number of benzene rings is 2. The fourth-order valence-corrected chi connectivity index (χ4v) is 7.00. The van der Waals surface area contributed by atoms with E-state index in [1.807, 2.05) is 19.0 Å². The highest BCUT2D eigenvalue weighted by Crippen LogP contribution is 2.33. The quantitative estimate of drug-likeness (QED) is 0.463. The molecule has 1 aromatic heterocycles. The smallest absolute Gasteiger partial charge is 0.260 e. The van der Waals surface area contributed by atoms with Crippen LogP contribution in [0.15, 0.2) is 41.3 Å². The fraction of sp³-hybridized carbons (Fsp3) is 0.462. The van der Waals surface area contributed by atoms with Crippen LogP contribution < -0.4 is 4.90 Å². The number of carbonyl (C=O) groups excluding carboxylic acids is 1. The Morgan fingerprint density at radius 2 is 1.83 bits per heavy atom. The van der Waals surface area contributed by atoms with Gasteiger partial charge in [0.15, 0.2) is 5.13 Å². The van der Waals surface area contributed by atoms with Gasteiger partial charge in [-0.3, -0.25) is 9.69 Å². The Labute approximate surface area is 212 Å². The number of sulfonamides is 1. The van der Waals surface area contributed by atoms with E-state index in [2.05, 4.69) is 32.9 Å². The molecule has 1 aliphatic rings. The van der Waals surface area contributed by atoms with Crippen LogP contribution in [0.4, 0.5) is 5.13 Å². The summed E-state index contributed by atoms with van der Waals surface area (Å²) in [6, 6.07) is 10.5. The molecule has 7 nitrogen and oxygen atoms in total. The first-order valence-corrected chi connectivity index (χ1v) is 14.3. The molecule has 4 rings (SSSR count). The van der Waals surface area contributed by atoms with Gasteiger partial charge >= 0.3 is 0 Å². The predicted octanol–water partition coefficient (Wildman–Crippen LogP) is 4.54. The number of piperidine rings is 1. The molecule has 1 fully saturated rings. The van der Waals surface area contributed by atoms with Crippen LogP contribution >= 0.6 is 11.3 Å². The van der Waals surface area contributed by atoms with Crippen LogP contribution in [0.1, 0.15) is 41.3 Å². The topological polar surface area (TPSA) is 73.8 Å². The molecule has 0 spiro atoms. The minimum atomic E-state index is -3.57. The Balaban J connectivity index is 1.63. The van der Waals surface area contributed by atoms with Crippen molar-refractivity contribution in [3.63, 3.8) is 0 Å². The maximum absolute atomic E-state index is 13.6. The van der Waals surface area contributed by atoms with Gasteiger partial charge in [0.1, 0.15) is 0 Å². The van der Waals surface area contributed by atoms with Gasteiger partial charge in [0.2, 0.25) is 10.0 Å².